The number of carbonyl (C=O) groups is 1. The molecule has 3 N–H and O–H groups in total. The van der Waals surface area contributed by atoms with Crippen LogP contribution in [0.1, 0.15) is 10.4 Å². The molecular weight excluding hydrogens is 327 g/mol. The van der Waals surface area contributed by atoms with E-state index in [1.54, 1.807) is 18.2 Å². The van der Waals surface area contributed by atoms with Gasteiger partial charge in [-0.25, -0.2) is 4.79 Å². The van der Waals surface area contributed by atoms with Gasteiger partial charge in [0, 0.05) is 0 Å². The Hall–Kier alpha value is -0.890. The molecule has 0 atom stereocenters. The second kappa shape index (κ2) is 5.26. The first-order valence-corrected chi connectivity index (χ1v) is 5.48. The summed E-state index contributed by atoms with van der Waals surface area (Å²) in [5.74, 6) is -0.383. The van der Waals surface area contributed by atoms with Gasteiger partial charge in [-0.1, -0.05) is 6.07 Å². The molecule has 1 aromatic carbocycles. The van der Waals surface area contributed by atoms with Gasteiger partial charge in [-0.3, -0.25) is 0 Å². The van der Waals surface area contributed by atoms with Crippen LogP contribution in [-0.4, -0.2) is 18.2 Å². The Bertz CT molecular complexity index is 409. The molecule has 0 bridgehead atoms. The highest BCUT2D eigenvalue weighted by molar-refractivity contribution is 14.1. The molecule has 0 saturated heterocycles. The maximum absolute atomic E-state index is 11.4. The van der Waals surface area contributed by atoms with E-state index in [4.69, 9.17) is 18.0 Å². The van der Waals surface area contributed by atoms with Crippen molar-refractivity contribution in [2.24, 2.45) is 5.73 Å². The number of methoxy groups -OCH3 is 1. The molecule has 1 rings (SSSR count). The Balaban J connectivity index is 3.11. The van der Waals surface area contributed by atoms with Crippen LogP contribution in [0, 0.1) is 3.57 Å². The Morgan fingerprint density at radius 3 is 2.80 bits per heavy atom. The molecule has 0 aliphatic rings. The van der Waals surface area contributed by atoms with E-state index in [9.17, 15) is 4.79 Å². The van der Waals surface area contributed by atoms with Gasteiger partial charge in [0.05, 0.1) is 21.9 Å². The average Bonchev–Trinajstić information content (AvgIpc) is 2.19. The summed E-state index contributed by atoms with van der Waals surface area (Å²) in [6, 6.07) is 5.20. The van der Waals surface area contributed by atoms with Crippen molar-refractivity contribution in [3.63, 3.8) is 0 Å². The lowest BCUT2D eigenvalue weighted by Crippen LogP contribution is -2.20. The number of nitrogens with one attached hydrogen (secondary N) is 1. The van der Waals surface area contributed by atoms with Gasteiger partial charge in [-0.2, -0.15) is 0 Å². The number of esters is 1. The summed E-state index contributed by atoms with van der Waals surface area (Å²) in [5.41, 5.74) is 6.54. The largest absolute Gasteiger partial charge is 0.465 e. The number of hydrogen-bond acceptors (Lipinski definition) is 3. The fourth-order valence-electron chi connectivity index (χ4n) is 1.03. The van der Waals surface area contributed by atoms with Gasteiger partial charge in [0.1, 0.15) is 0 Å². The fraction of sp³-hybridized carbons (Fsp3) is 0.111. The summed E-state index contributed by atoms with van der Waals surface area (Å²) in [6.45, 7) is 0. The van der Waals surface area contributed by atoms with Gasteiger partial charge >= 0.3 is 5.97 Å². The van der Waals surface area contributed by atoms with E-state index in [0.29, 0.717) is 11.3 Å². The average molecular weight is 336 g/mol. The van der Waals surface area contributed by atoms with Gasteiger partial charge in [-0.15, -0.1) is 0 Å². The summed E-state index contributed by atoms with van der Waals surface area (Å²) in [6.07, 6.45) is 0. The van der Waals surface area contributed by atoms with Crippen molar-refractivity contribution in [2.45, 2.75) is 0 Å². The van der Waals surface area contributed by atoms with Crippen molar-refractivity contribution in [3.8, 4) is 0 Å². The van der Waals surface area contributed by atoms with E-state index < -0.39 is 0 Å². The lowest BCUT2D eigenvalue weighted by atomic mass is 10.2. The second-order valence-corrected chi connectivity index (χ2v) is 4.17. The molecule has 0 aliphatic carbocycles. The van der Waals surface area contributed by atoms with Crippen LogP contribution in [0.4, 0.5) is 5.69 Å². The van der Waals surface area contributed by atoms with Crippen LogP contribution < -0.4 is 11.1 Å². The monoisotopic (exact) mass is 336 g/mol. The Morgan fingerprint density at radius 2 is 2.27 bits per heavy atom. The number of rotatable bonds is 2. The molecule has 0 aliphatic heterocycles. The van der Waals surface area contributed by atoms with E-state index in [1.165, 1.54) is 7.11 Å². The Labute approximate surface area is 106 Å². The standard InChI is InChI=1S/C9H9IN2O2S/c1-14-8(13)5-3-2-4-6(7(5)10)12-9(11)15/h2-4H,1H3,(H3,11,12,15). The summed E-state index contributed by atoms with van der Waals surface area (Å²) in [7, 11) is 1.34. The van der Waals surface area contributed by atoms with Crippen molar-refractivity contribution in [3.05, 3.63) is 27.3 Å². The van der Waals surface area contributed by atoms with Crippen LogP contribution in [0.3, 0.4) is 0 Å². The highest BCUT2D eigenvalue weighted by Gasteiger charge is 2.12. The molecule has 0 saturated carbocycles. The lowest BCUT2D eigenvalue weighted by Gasteiger charge is -2.09. The third-order valence-corrected chi connectivity index (χ3v) is 2.93. The smallest absolute Gasteiger partial charge is 0.339 e. The van der Waals surface area contributed by atoms with Gasteiger partial charge in [0.2, 0.25) is 0 Å². The van der Waals surface area contributed by atoms with Crippen molar-refractivity contribution >= 4 is 51.6 Å². The molecule has 0 amide bonds. The topological polar surface area (TPSA) is 64.3 Å². The van der Waals surface area contributed by atoms with E-state index in [1.807, 2.05) is 22.6 Å². The molecule has 0 unspecified atom stereocenters. The number of hydrogen-bond donors (Lipinski definition) is 2. The molecule has 6 heteroatoms. The van der Waals surface area contributed by atoms with E-state index in [0.717, 1.165) is 3.57 Å². The molecule has 15 heavy (non-hydrogen) atoms. The molecule has 1 aromatic rings. The lowest BCUT2D eigenvalue weighted by molar-refractivity contribution is 0.0599. The van der Waals surface area contributed by atoms with Crippen LogP contribution in [0.2, 0.25) is 0 Å². The third kappa shape index (κ3) is 3.03. The Kier molecular flexibility index (Phi) is 4.28. The number of halogens is 1. The third-order valence-electron chi connectivity index (χ3n) is 1.66. The molecule has 0 radical (unpaired) electrons. The predicted octanol–water partition coefficient (Wildman–Crippen LogP) is 1.73. The van der Waals surface area contributed by atoms with Crippen molar-refractivity contribution in [1.82, 2.24) is 0 Å². The number of carbonyl (C=O) groups excluding carboxylic acids is 1. The van der Waals surface area contributed by atoms with Gasteiger partial charge in [0.15, 0.2) is 5.11 Å². The highest BCUT2D eigenvalue weighted by Crippen LogP contribution is 2.22. The van der Waals surface area contributed by atoms with Crippen LogP contribution in [0.15, 0.2) is 18.2 Å². The zero-order chi connectivity index (χ0) is 11.4. The first kappa shape index (κ1) is 12.2. The zero-order valence-electron chi connectivity index (χ0n) is 7.91. The molecule has 0 heterocycles. The molecule has 0 aromatic heterocycles. The van der Waals surface area contributed by atoms with Crippen LogP contribution in [0.5, 0.6) is 0 Å². The van der Waals surface area contributed by atoms with Crippen LogP contribution in [-0.2, 0) is 4.74 Å². The first-order chi connectivity index (χ1) is 7.06. The number of anilines is 1. The number of benzene rings is 1. The number of thiocarbonyl (C=S) groups is 1. The maximum atomic E-state index is 11.4. The summed E-state index contributed by atoms with van der Waals surface area (Å²) < 4.78 is 5.37. The summed E-state index contributed by atoms with van der Waals surface area (Å²) in [5, 5.41) is 2.95. The quantitative estimate of drug-likeness (QED) is 0.489. The summed E-state index contributed by atoms with van der Waals surface area (Å²) >= 11 is 6.76. The maximum Gasteiger partial charge on any atom is 0.339 e. The number of ether oxygens (including phenoxy) is 1. The molecule has 4 nitrogen and oxygen atoms in total. The molecular formula is C9H9IN2O2S. The summed E-state index contributed by atoms with van der Waals surface area (Å²) in [4.78, 5) is 11.4. The van der Waals surface area contributed by atoms with E-state index in [-0.39, 0.29) is 11.1 Å². The normalized spacial score (nSPS) is 9.47. The van der Waals surface area contributed by atoms with E-state index >= 15 is 0 Å². The van der Waals surface area contributed by atoms with Crippen molar-refractivity contribution in [2.75, 3.05) is 12.4 Å². The molecule has 80 valence electrons. The Morgan fingerprint density at radius 1 is 1.60 bits per heavy atom. The van der Waals surface area contributed by atoms with Gasteiger partial charge in [-0.05, 0) is 46.9 Å². The minimum absolute atomic E-state index is 0.162. The second-order valence-electron chi connectivity index (χ2n) is 2.65. The van der Waals surface area contributed by atoms with Gasteiger partial charge in [0.25, 0.3) is 0 Å². The minimum Gasteiger partial charge on any atom is -0.465 e. The zero-order valence-corrected chi connectivity index (χ0v) is 10.9. The van der Waals surface area contributed by atoms with Crippen LogP contribution >= 0.6 is 34.8 Å². The van der Waals surface area contributed by atoms with Gasteiger partial charge < -0.3 is 15.8 Å². The minimum atomic E-state index is -0.383. The van der Waals surface area contributed by atoms with E-state index in [2.05, 4.69) is 10.1 Å². The van der Waals surface area contributed by atoms with Crippen LogP contribution in [0.25, 0.3) is 0 Å². The first-order valence-electron chi connectivity index (χ1n) is 3.99. The number of nitrogens with two attached hydrogens (primary N) is 1. The predicted molar refractivity (Wildman–Crippen MR) is 70.9 cm³/mol. The van der Waals surface area contributed by atoms with Crippen molar-refractivity contribution < 1.29 is 9.53 Å². The highest BCUT2D eigenvalue weighted by atomic mass is 127. The molecule has 0 spiro atoms. The van der Waals surface area contributed by atoms with Crippen molar-refractivity contribution in [1.29, 1.82) is 0 Å². The molecule has 0 fully saturated rings. The fourth-order valence-corrected chi connectivity index (χ4v) is 1.85. The SMILES string of the molecule is COC(=O)c1cccc(NC(N)=S)c1I.